The molecule has 0 spiro atoms. The van der Waals surface area contributed by atoms with Gasteiger partial charge in [-0.15, -0.1) is 11.3 Å². The minimum atomic E-state index is -3.83. The molecule has 0 unspecified atom stereocenters. The first kappa shape index (κ1) is 13.1. The van der Waals surface area contributed by atoms with Crippen molar-refractivity contribution >= 4 is 31.5 Å². The molecule has 0 aliphatic carbocycles. The Bertz CT molecular complexity index is 852. The van der Waals surface area contributed by atoms with Crippen LogP contribution in [0, 0.1) is 6.92 Å². The molecule has 2 heterocycles. The van der Waals surface area contributed by atoms with Gasteiger partial charge in [-0.25, -0.2) is 0 Å². The van der Waals surface area contributed by atoms with Crippen LogP contribution in [-0.4, -0.2) is 13.4 Å². The van der Waals surface area contributed by atoms with Crippen molar-refractivity contribution in [3.63, 3.8) is 0 Å². The quantitative estimate of drug-likeness (QED) is 0.696. The number of thiophene rings is 1. The number of aromatic nitrogens is 1. The standard InChI is InChI=1S/C14H11NO3S2/c1-10-2-4-12(5-3-10)20(16,17)18-13-9-15-8-11-6-7-19-14(11)13/h2-9H,1H3. The van der Waals surface area contributed by atoms with E-state index in [1.54, 1.807) is 18.3 Å². The van der Waals surface area contributed by atoms with Crippen molar-refractivity contribution in [1.29, 1.82) is 0 Å². The van der Waals surface area contributed by atoms with Crippen LogP contribution < -0.4 is 4.18 Å². The molecule has 3 rings (SSSR count). The molecule has 3 aromatic rings. The maximum atomic E-state index is 12.2. The number of pyridine rings is 1. The predicted octanol–water partition coefficient (Wildman–Crippen LogP) is 3.37. The fourth-order valence-corrected chi connectivity index (χ4v) is 3.59. The Kier molecular flexibility index (Phi) is 3.19. The van der Waals surface area contributed by atoms with Crippen LogP contribution in [0.5, 0.6) is 5.75 Å². The van der Waals surface area contributed by atoms with Gasteiger partial charge in [0.15, 0.2) is 5.75 Å². The molecule has 4 nitrogen and oxygen atoms in total. The molecule has 0 atom stereocenters. The molecule has 2 aromatic heterocycles. The zero-order chi connectivity index (χ0) is 14.2. The maximum absolute atomic E-state index is 12.2. The van der Waals surface area contributed by atoms with E-state index in [9.17, 15) is 8.42 Å². The summed E-state index contributed by atoms with van der Waals surface area (Å²) in [6, 6.07) is 8.41. The maximum Gasteiger partial charge on any atom is 0.339 e. The van der Waals surface area contributed by atoms with Crippen LogP contribution in [0.4, 0.5) is 0 Å². The average Bonchev–Trinajstić information content (AvgIpc) is 2.88. The van der Waals surface area contributed by atoms with Crippen LogP contribution in [0.2, 0.25) is 0 Å². The summed E-state index contributed by atoms with van der Waals surface area (Å²) >= 11 is 1.42. The first-order valence-electron chi connectivity index (χ1n) is 5.89. The lowest BCUT2D eigenvalue weighted by molar-refractivity contribution is 0.488. The van der Waals surface area contributed by atoms with Gasteiger partial charge in [-0.2, -0.15) is 8.42 Å². The third-order valence-electron chi connectivity index (χ3n) is 2.83. The molecule has 102 valence electrons. The molecule has 0 bridgehead atoms. The van der Waals surface area contributed by atoms with Gasteiger partial charge in [0.25, 0.3) is 0 Å². The van der Waals surface area contributed by atoms with Crippen LogP contribution in [0.1, 0.15) is 5.56 Å². The third kappa shape index (κ3) is 2.39. The van der Waals surface area contributed by atoms with Gasteiger partial charge in [-0.05, 0) is 30.5 Å². The molecule has 0 saturated heterocycles. The van der Waals surface area contributed by atoms with Gasteiger partial charge in [-0.1, -0.05) is 17.7 Å². The molecule has 0 N–H and O–H groups in total. The fourth-order valence-electron chi connectivity index (χ4n) is 1.80. The molecular formula is C14H11NO3S2. The van der Waals surface area contributed by atoms with Crippen LogP contribution >= 0.6 is 11.3 Å². The zero-order valence-electron chi connectivity index (χ0n) is 10.6. The van der Waals surface area contributed by atoms with Gasteiger partial charge in [-0.3, -0.25) is 4.98 Å². The Hall–Kier alpha value is -1.92. The van der Waals surface area contributed by atoms with E-state index in [1.807, 2.05) is 18.4 Å². The number of benzene rings is 1. The van der Waals surface area contributed by atoms with Crippen molar-refractivity contribution in [1.82, 2.24) is 4.98 Å². The van der Waals surface area contributed by atoms with Crippen molar-refractivity contribution in [2.75, 3.05) is 0 Å². The molecule has 1 aromatic carbocycles. The first-order valence-corrected chi connectivity index (χ1v) is 8.17. The Morgan fingerprint density at radius 3 is 2.60 bits per heavy atom. The second-order valence-electron chi connectivity index (χ2n) is 4.33. The van der Waals surface area contributed by atoms with E-state index in [2.05, 4.69) is 4.98 Å². The number of rotatable bonds is 3. The summed E-state index contributed by atoms with van der Waals surface area (Å²) in [5.74, 6) is 0.262. The van der Waals surface area contributed by atoms with E-state index in [0.29, 0.717) is 0 Å². The summed E-state index contributed by atoms with van der Waals surface area (Å²) in [5, 5.41) is 2.74. The van der Waals surface area contributed by atoms with Crippen molar-refractivity contribution < 1.29 is 12.6 Å². The minimum absolute atomic E-state index is 0.136. The number of fused-ring (bicyclic) bond motifs is 1. The van der Waals surface area contributed by atoms with Crippen LogP contribution in [0.15, 0.2) is 53.0 Å². The zero-order valence-corrected chi connectivity index (χ0v) is 12.2. The lowest BCUT2D eigenvalue weighted by Crippen LogP contribution is -2.09. The Morgan fingerprint density at radius 1 is 1.10 bits per heavy atom. The van der Waals surface area contributed by atoms with Gasteiger partial charge in [0.2, 0.25) is 0 Å². The van der Waals surface area contributed by atoms with Crippen LogP contribution in [-0.2, 0) is 10.1 Å². The fraction of sp³-hybridized carbons (Fsp3) is 0.0714. The van der Waals surface area contributed by atoms with Crippen molar-refractivity contribution in [2.24, 2.45) is 0 Å². The SMILES string of the molecule is Cc1ccc(S(=O)(=O)Oc2cncc3ccsc23)cc1. The summed E-state index contributed by atoms with van der Waals surface area (Å²) in [6.45, 7) is 1.90. The van der Waals surface area contributed by atoms with Gasteiger partial charge in [0.05, 0.1) is 10.9 Å². The van der Waals surface area contributed by atoms with Crippen molar-refractivity contribution in [3.05, 3.63) is 53.7 Å². The highest BCUT2D eigenvalue weighted by molar-refractivity contribution is 7.87. The summed E-state index contributed by atoms with van der Waals surface area (Å²) in [5.41, 5.74) is 0.992. The number of aryl methyl sites for hydroxylation is 1. The topological polar surface area (TPSA) is 56.3 Å². The summed E-state index contributed by atoms with van der Waals surface area (Å²) < 4.78 is 30.5. The minimum Gasteiger partial charge on any atom is -0.376 e. The average molecular weight is 305 g/mol. The molecule has 20 heavy (non-hydrogen) atoms. The van der Waals surface area contributed by atoms with Gasteiger partial charge < -0.3 is 4.18 Å². The second kappa shape index (κ2) is 4.88. The van der Waals surface area contributed by atoms with Gasteiger partial charge in [0.1, 0.15) is 4.90 Å². The lowest BCUT2D eigenvalue weighted by atomic mass is 10.2. The van der Waals surface area contributed by atoms with E-state index >= 15 is 0 Å². The number of hydrogen-bond donors (Lipinski definition) is 0. The summed E-state index contributed by atoms with van der Waals surface area (Å²) in [4.78, 5) is 4.13. The Morgan fingerprint density at radius 2 is 1.85 bits per heavy atom. The highest BCUT2D eigenvalue weighted by atomic mass is 32.2. The Labute approximate surface area is 120 Å². The van der Waals surface area contributed by atoms with E-state index in [4.69, 9.17) is 4.18 Å². The van der Waals surface area contributed by atoms with Crippen LogP contribution in [0.3, 0.4) is 0 Å². The molecule has 0 aliphatic heterocycles. The molecule has 0 aliphatic rings. The van der Waals surface area contributed by atoms with E-state index in [1.165, 1.54) is 29.7 Å². The highest BCUT2D eigenvalue weighted by Crippen LogP contribution is 2.31. The van der Waals surface area contributed by atoms with Crippen LogP contribution in [0.25, 0.3) is 10.1 Å². The van der Waals surface area contributed by atoms with Crippen molar-refractivity contribution in [3.8, 4) is 5.75 Å². The van der Waals surface area contributed by atoms with E-state index < -0.39 is 10.1 Å². The van der Waals surface area contributed by atoms with Gasteiger partial charge >= 0.3 is 10.1 Å². The summed E-state index contributed by atoms with van der Waals surface area (Å²) in [7, 11) is -3.83. The van der Waals surface area contributed by atoms with Gasteiger partial charge in [0, 0.05) is 11.6 Å². The largest absolute Gasteiger partial charge is 0.376 e. The number of hydrogen-bond acceptors (Lipinski definition) is 5. The van der Waals surface area contributed by atoms with E-state index in [0.717, 1.165) is 15.6 Å². The molecule has 0 amide bonds. The molecular weight excluding hydrogens is 294 g/mol. The highest BCUT2D eigenvalue weighted by Gasteiger charge is 2.18. The molecule has 6 heteroatoms. The Balaban J connectivity index is 2.01. The van der Waals surface area contributed by atoms with E-state index in [-0.39, 0.29) is 10.6 Å². The second-order valence-corrected chi connectivity index (χ2v) is 6.79. The lowest BCUT2D eigenvalue weighted by Gasteiger charge is -2.07. The first-order chi connectivity index (χ1) is 9.56. The predicted molar refractivity (Wildman–Crippen MR) is 78.6 cm³/mol. The summed E-state index contributed by atoms with van der Waals surface area (Å²) in [6.07, 6.45) is 3.10. The molecule has 0 radical (unpaired) electrons. The molecule has 0 saturated carbocycles. The third-order valence-corrected chi connectivity index (χ3v) is 5.03. The number of nitrogens with zero attached hydrogens (tertiary/aromatic N) is 1. The monoisotopic (exact) mass is 305 g/mol. The van der Waals surface area contributed by atoms with Crippen molar-refractivity contribution in [2.45, 2.75) is 11.8 Å². The normalized spacial score (nSPS) is 11.7. The molecule has 0 fully saturated rings. The smallest absolute Gasteiger partial charge is 0.339 e.